The molecule has 1 aliphatic carbocycles. The number of hydrogen-bond donors (Lipinski definition) is 0. The number of benzene rings is 1. The van der Waals surface area contributed by atoms with Crippen LogP contribution in [0.1, 0.15) is 51.4 Å². The fraction of sp³-hybridized carbons (Fsp3) is 0.118. The first-order valence-corrected chi connectivity index (χ1v) is 6.41. The predicted molar refractivity (Wildman–Crippen MR) is 76.9 cm³/mol. The van der Waals surface area contributed by atoms with Crippen molar-refractivity contribution >= 4 is 17.6 Å². The zero-order valence-corrected chi connectivity index (χ0v) is 11.3. The molecule has 0 N–H and O–H groups in total. The Balaban J connectivity index is 2.21. The quantitative estimate of drug-likeness (QED) is 0.677. The molecule has 1 aliphatic rings. The summed E-state index contributed by atoms with van der Waals surface area (Å²) < 4.78 is 0. The number of pyridine rings is 1. The van der Waals surface area contributed by atoms with Gasteiger partial charge in [0.2, 0.25) is 5.78 Å². The first-order chi connectivity index (χ1) is 9.58. The van der Waals surface area contributed by atoms with Crippen LogP contribution in [0.2, 0.25) is 0 Å². The highest BCUT2D eigenvalue weighted by Gasteiger charge is 2.30. The summed E-state index contributed by atoms with van der Waals surface area (Å²) in [7, 11) is 0. The molecular formula is C17H13NO2. The number of nitrogens with zero attached hydrogens (tertiary/aromatic N) is 1. The van der Waals surface area contributed by atoms with Gasteiger partial charge < -0.3 is 0 Å². The number of rotatable bonds is 1. The molecule has 2 aromatic rings. The van der Waals surface area contributed by atoms with Gasteiger partial charge in [-0.2, -0.15) is 0 Å². The van der Waals surface area contributed by atoms with E-state index in [1.807, 2.05) is 19.9 Å². The number of carbonyl (C=O) groups excluding carboxylic acids is 2. The Hall–Kier alpha value is -2.55. The summed E-state index contributed by atoms with van der Waals surface area (Å²) in [6, 6.07) is 8.62. The monoisotopic (exact) mass is 263 g/mol. The van der Waals surface area contributed by atoms with E-state index in [0.717, 1.165) is 11.1 Å². The van der Waals surface area contributed by atoms with Crippen molar-refractivity contribution in [2.45, 2.75) is 13.8 Å². The summed E-state index contributed by atoms with van der Waals surface area (Å²) in [6.45, 7) is 3.95. The molecule has 3 nitrogen and oxygen atoms in total. The third-order valence-electron chi connectivity index (χ3n) is 3.24. The molecule has 0 spiro atoms. The molecule has 3 rings (SSSR count). The number of aromatic nitrogens is 1. The lowest BCUT2D eigenvalue weighted by Gasteiger charge is -2.16. The first-order valence-electron chi connectivity index (χ1n) is 6.41. The summed E-state index contributed by atoms with van der Waals surface area (Å²) in [5.41, 5.74) is 3.49. The average molecular weight is 263 g/mol. The third kappa shape index (κ3) is 1.88. The van der Waals surface area contributed by atoms with Crippen LogP contribution in [0.25, 0.3) is 6.08 Å². The van der Waals surface area contributed by atoms with Crippen LogP contribution in [-0.4, -0.2) is 16.6 Å². The Kier molecular flexibility index (Phi) is 2.83. The molecule has 98 valence electrons. The molecule has 0 fully saturated rings. The Labute approximate surface area is 117 Å². The van der Waals surface area contributed by atoms with Crippen molar-refractivity contribution in [1.82, 2.24) is 4.98 Å². The molecule has 0 radical (unpaired) electrons. The van der Waals surface area contributed by atoms with Gasteiger partial charge in [0.25, 0.3) is 0 Å². The molecule has 0 saturated heterocycles. The zero-order chi connectivity index (χ0) is 14.3. The molecule has 1 aromatic heterocycles. The smallest absolute Gasteiger partial charge is 0.212 e. The summed E-state index contributed by atoms with van der Waals surface area (Å²) in [6.07, 6.45) is 3.57. The molecule has 0 aliphatic heterocycles. The summed E-state index contributed by atoms with van der Waals surface area (Å²) in [5, 5.41) is 0. The van der Waals surface area contributed by atoms with Crippen LogP contribution in [0.5, 0.6) is 0 Å². The van der Waals surface area contributed by atoms with Crippen LogP contribution in [0.4, 0.5) is 0 Å². The second kappa shape index (κ2) is 4.53. The van der Waals surface area contributed by atoms with Gasteiger partial charge in [-0.1, -0.05) is 35.9 Å². The Bertz CT molecular complexity index is 768. The molecule has 0 unspecified atom stereocenters. The first kappa shape index (κ1) is 12.5. The van der Waals surface area contributed by atoms with Gasteiger partial charge in [-0.05, 0) is 25.5 Å². The zero-order valence-electron chi connectivity index (χ0n) is 11.3. The highest BCUT2D eigenvalue weighted by atomic mass is 16.1. The molecule has 0 atom stereocenters. The molecule has 0 amide bonds. The SMILES string of the molecule is CC(C)=Cc1cnc2c(c1)C(=O)c1ccccc1C2=O. The van der Waals surface area contributed by atoms with E-state index < -0.39 is 0 Å². The molecule has 1 heterocycles. The maximum Gasteiger partial charge on any atom is 0.212 e. The van der Waals surface area contributed by atoms with Crippen molar-refractivity contribution in [2.75, 3.05) is 0 Å². The van der Waals surface area contributed by atoms with Gasteiger partial charge in [0.1, 0.15) is 5.69 Å². The second-order valence-corrected chi connectivity index (χ2v) is 5.09. The lowest BCUT2D eigenvalue weighted by molar-refractivity contribution is 0.0975. The fourth-order valence-corrected chi connectivity index (χ4v) is 2.40. The third-order valence-corrected chi connectivity index (χ3v) is 3.24. The van der Waals surface area contributed by atoms with E-state index in [9.17, 15) is 9.59 Å². The number of hydrogen-bond acceptors (Lipinski definition) is 3. The van der Waals surface area contributed by atoms with E-state index >= 15 is 0 Å². The van der Waals surface area contributed by atoms with E-state index in [1.165, 1.54) is 0 Å². The Morgan fingerprint density at radius 3 is 2.30 bits per heavy atom. The summed E-state index contributed by atoms with van der Waals surface area (Å²) in [4.78, 5) is 29.0. The van der Waals surface area contributed by atoms with Crippen molar-refractivity contribution in [2.24, 2.45) is 0 Å². The van der Waals surface area contributed by atoms with E-state index in [1.54, 1.807) is 36.5 Å². The second-order valence-electron chi connectivity index (χ2n) is 5.09. The van der Waals surface area contributed by atoms with Gasteiger partial charge in [0.15, 0.2) is 5.78 Å². The summed E-state index contributed by atoms with van der Waals surface area (Å²) >= 11 is 0. The molecule has 0 saturated carbocycles. The fourth-order valence-electron chi connectivity index (χ4n) is 2.40. The lowest BCUT2D eigenvalue weighted by Crippen LogP contribution is -2.22. The Morgan fingerprint density at radius 2 is 1.65 bits per heavy atom. The number of fused-ring (bicyclic) bond motifs is 2. The van der Waals surface area contributed by atoms with E-state index in [0.29, 0.717) is 16.7 Å². The minimum atomic E-state index is -0.182. The maximum absolute atomic E-state index is 12.5. The van der Waals surface area contributed by atoms with E-state index in [4.69, 9.17) is 0 Å². The summed E-state index contributed by atoms with van der Waals surface area (Å²) in [5.74, 6) is -0.314. The highest BCUT2D eigenvalue weighted by Crippen LogP contribution is 2.26. The number of allylic oxidation sites excluding steroid dienone is 1. The Morgan fingerprint density at radius 1 is 1.00 bits per heavy atom. The topological polar surface area (TPSA) is 47.0 Å². The largest absolute Gasteiger partial charge is 0.288 e. The van der Waals surface area contributed by atoms with Gasteiger partial charge >= 0.3 is 0 Å². The van der Waals surface area contributed by atoms with Gasteiger partial charge in [0, 0.05) is 17.3 Å². The van der Waals surface area contributed by atoms with Crippen molar-refractivity contribution in [3.63, 3.8) is 0 Å². The van der Waals surface area contributed by atoms with Gasteiger partial charge in [-0.25, -0.2) is 0 Å². The predicted octanol–water partition coefficient (Wildman–Crippen LogP) is 3.28. The molecular weight excluding hydrogens is 250 g/mol. The van der Waals surface area contributed by atoms with Crippen molar-refractivity contribution in [3.8, 4) is 0 Å². The molecule has 20 heavy (non-hydrogen) atoms. The molecule has 3 heteroatoms. The van der Waals surface area contributed by atoms with Crippen LogP contribution < -0.4 is 0 Å². The minimum absolute atomic E-state index is 0.133. The van der Waals surface area contributed by atoms with E-state index in [-0.39, 0.29) is 17.3 Å². The lowest BCUT2D eigenvalue weighted by atomic mass is 9.86. The van der Waals surface area contributed by atoms with Crippen molar-refractivity contribution < 1.29 is 9.59 Å². The molecule has 0 bridgehead atoms. The standard InChI is InChI=1S/C17H13NO2/c1-10(2)7-11-8-14-15(18-9-11)17(20)13-6-4-3-5-12(13)16(14)19/h3-9H,1-2H3. The van der Waals surface area contributed by atoms with Crippen LogP contribution in [0, 0.1) is 0 Å². The van der Waals surface area contributed by atoms with Crippen LogP contribution in [0.3, 0.4) is 0 Å². The average Bonchev–Trinajstić information content (AvgIpc) is 2.44. The van der Waals surface area contributed by atoms with Crippen molar-refractivity contribution in [3.05, 3.63) is 70.0 Å². The van der Waals surface area contributed by atoms with Gasteiger partial charge in [-0.3, -0.25) is 14.6 Å². The van der Waals surface area contributed by atoms with E-state index in [2.05, 4.69) is 4.98 Å². The van der Waals surface area contributed by atoms with Crippen LogP contribution in [0.15, 0.2) is 42.1 Å². The normalized spacial score (nSPS) is 12.7. The van der Waals surface area contributed by atoms with Crippen LogP contribution >= 0.6 is 0 Å². The van der Waals surface area contributed by atoms with Gasteiger partial charge in [0.05, 0.1) is 5.56 Å². The maximum atomic E-state index is 12.5. The van der Waals surface area contributed by atoms with Gasteiger partial charge in [-0.15, -0.1) is 0 Å². The number of carbonyl (C=O) groups is 2. The number of ketones is 2. The minimum Gasteiger partial charge on any atom is -0.288 e. The van der Waals surface area contributed by atoms with Crippen molar-refractivity contribution in [1.29, 1.82) is 0 Å². The molecule has 1 aromatic carbocycles. The van der Waals surface area contributed by atoms with Crippen LogP contribution in [-0.2, 0) is 0 Å². The highest BCUT2D eigenvalue weighted by molar-refractivity contribution is 6.27.